The van der Waals surface area contributed by atoms with Crippen LogP contribution in [-0.2, 0) is 0 Å². The van der Waals surface area contributed by atoms with Crippen molar-refractivity contribution in [3.63, 3.8) is 0 Å². The highest BCUT2D eigenvalue weighted by molar-refractivity contribution is 5.99. The minimum atomic E-state index is 0.795. The summed E-state index contributed by atoms with van der Waals surface area (Å²) in [5, 5.41) is 0. The van der Waals surface area contributed by atoms with Gasteiger partial charge in [0.2, 0.25) is 0 Å². The highest BCUT2D eigenvalue weighted by Crippen LogP contribution is 2.43. The molecule has 2 N–H and O–H groups in total. The molecule has 0 aliphatic heterocycles. The Balaban J connectivity index is 1.54. The summed E-state index contributed by atoms with van der Waals surface area (Å²) in [4.78, 5) is 0. The lowest BCUT2D eigenvalue weighted by Crippen LogP contribution is -1.96. The molecule has 1 nitrogen and oxygen atoms in total. The Hall–Kier alpha value is -4.88. The van der Waals surface area contributed by atoms with E-state index in [1.165, 1.54) is 27.8 Å². The van der Waals surface area contributed by atoms with Crippen LogP contribution in [0.4, 0.5) is 5.69 Å². The van der Waals surface area contributed by atoms with Gasteiger partial charge in [-0.2, -0.15) is 0 Å². The van der Waals surface area contributed by atoms with Crippen molar-refractivity contribution >= 4 is 5.69 Å². The van der Waals surface area contributed by atoms with Gasteiger partial charge in [0.05, 0.1) is 0 Å². The van der Waals surface area contributed by atoms with Crippen LogP contribution in [-0.4, -0.2) is 0 Å². The second-order valence-electron chi connectivity index (χ2n) is 9.14. The van der Waals surface area contributed by atoms with Crippen LogP contribution in [0.2, 0.25) is 0 Å². The van der Waals surface area contributed by atoms with E-state index in [2.05, 4.69) is 146 Å². The molecule has 6 aromatic carbocycles. The molecule has 0 spiro atoms. The Morgan fingerprint density at radius 2 is 0.541 bits per heavy atom. The fraction of sp³-hybridized carbons (Fsp3) is 0. The maximum atomic E-state index is 6.84. The third kappa shape index (κ3) is 4.32. The van der Waals surface area contributed by atoms with Crippen LogP contribution in [0.25, 0.3) is 55.6 Å². The average molecular weight is 474 g/mol. The van der Waals surface area contributed by atoms with Crippen LogP contribution in [0.1, 0.15) is 0 Å². The van der Waals surface area contributed by atoms with Crippen molar-refractivity contribution in [1.29, 1.82) is 0 Å². The van der Waals surface area contributed by atoms with Crippen molar-refractivity contribution < 1.29 is 0 Å². The molecule has 0 bridgehead atoms. The summed E-state index contributed by atoms with van der Waals surface area (Å²) in [5.74, 6) is 0. The molecule has 0 amide bonds. The summed E-state index contributed by atoms with van der Waals surface area (Å²) in [6.45, 7) is 0. The van der Waals surface area contributed by atoms with Gasteiger partial charge in [-0.05, 0) is 44.5 Å². The highest BCUT2D eigenvalue weighted by Gasteiger charge is 2.17. The molecule has 6 aromatic rings. The van der Waals surface area contributed by atoms with Crippen molar-refractivity contribution in [1.82, 2.24) is 0 Å². The predicted octanol–water partition coefficient (Wildman–Crippen LogP) is 9.60. The summed E-state index contributed by atoms with van der Waals surface area (Å²) in [6.07, 6.45) is 0. The van der Waals surface area contributed by atoms with Crippen LogP contribution >= 0.6 is 0 Å². The quantitative estimate of drug-likeness (QED) is 0.248. The van der Waals surface area contributed by atoms with E-state index in [0.29, 0.717) is 0 Å². The zero-order chi connectivity index (χ0) is 25.0. The van der Waals surface area contributed by atoms with E-state index in [0.717, 1.165) is 33.5 Å². The molecule has 0 fully saturated rings. The fourth-order valence-corrected chi connectivity index (χ4v) is 5.16. The lowest BCUT2D eigenvalue weighted by Gasteiger charge is -2.18. The Morgan fingerprint density at radius 1 is 0.243 bits per heavy atom. The second kappa shape index (κ2) is 10.0. The molecule has 37 heavy (non-hydrogen) atoms. The Bertz CT molecular complexity index is 1670. The molecule has 0 aliphatic carbocycles. The minimum absolute atomic E-state index is 0.795. The molecule has 0 atom stereocenters. The number of benzene rings is 6. The summed E-state index contributed by atoms with van der Waals surface area (Å²) >= 11 is 0. The first-order chi connectivity index (χ1) is 18.3. The zero-order valence-electron chi connectivity index (χ0n) is 20.5. The molecular formula is C36H27N. The maximum absolute atomic E-state index is 6.84. The third-order valence-corrected chi connectivity index (χ3v) is 6.93. The van der Waals surface area contributed by atoms with E-state index in [1.54, 1.807) is 0 Å². The van der Waals surface area contributed by atoms with Crippen molar-refractivity contribution in [2.45, 2.75) is 0 Å². The van der Waals surface area contributed by atoms with Gasteiger partial charge >= 0.3 is 0 Å². The number of nitrogens with two attached hydrogens (primary N) is 1. The lowest BCUT2D eigenvalue weighted by molar-refractivity contribution is 1.54. The van der Waals surface area contributed by atoms with Gasteiger partial charge in [-0.15, -0.1) is 0 Å². The molecule has 0 saturated carbocycles. The largest absolute Gasteiger partial charge is 0.398 e. The molecule has 0 aromatic heterocycles. The SMILES string of the molecule is Nc1c(-c2ccccc2)cccc1-c1ccccc1-c1ccccc1-c1ccccc1-c1ccccc1. The summed E-state index contributed by atoms with van der Waals surface area (Å²) in [6, 6.07) is 53.2. The van der Waals surface area contributed by atoms with Crippen LogP contribution < -0.4 is 5.73 Å². The lowest BCUT2D eigenvalue weighted by atomic mass is 9.86. The van der Waals surface area contributed by atoms with E-state index in [1.807, 2.05) is 6.07 Å². The number of nitrogen functional groups attached to an aromatic ring is 1. The summed E-state index contributed by atoms with van der Waals surface area (Å²) < 4.78 is 0. The van der Waals surface area contributed by atoms with Crippen LogP contribution in [0.3, 0.4) is 0 Å². The minimum Gasteiger partial charge on any atom is -0.398 e. The van der Waals surface area contributed by atoms with E-state index in [4.69, 9.17) is 5.73 Å². The number of hydrogen-bond acceptors (Lipinski definition) is 1. The Kier molecular flexibility index (Phi) is 6.10. The van der Waals surface area contributed by atoms with Crippen molar-refractivity contribution in [3.8, 4) is 55.6 Å². The molecule has 0 heterocycles. The van der Waals surface area contributed by atoms with Gasteiger partial charge in [-0.3, -0.25) is 0 Å². The Labute approximate surface area is 218 Å². The normalized spacial score (nSPS) is 10.8. The van der Waals surface area contributed by atoms with Crippen LogP contribution in [0.5, 0.6) is 0 Å². The smallest absolute Gasteiger partial charge is 0.0473 e. The highest BCUT2D eigenvalue weighted by atomic mass is 14.6. The summed E-state index contributed by atoms with van der Waals surface area (Å²) in [5.41, 5.74) is 19.2. The molecule has 176 valence electrons. The molecular weight excluding hydrogens is 446 g/mol. The number of hydrogen-bond donors (Lipinski definition) is 1. The monoisotopic (exact) mass is 473 g/mol. The molecule has 0 radical (unpaired) electrons. The predicted molar refractivity (Wildman–Crippen MR) is 158 cm³/mol. The maximum Gasteiger partial charge on any atom is 0.0473 e. The number of anilines is 1. The fourth-order valence-electron chi connectivity index (χ4n) is 5.16. The van der Waals surface area contributed by atoms with Crippen molar-refractivity contribution in [2.75, 3.05) is 5.73 Å². The van der Waals surface area contributed by atoms with E-state index in [-0.39, 0.29) is 0 Å². The topological polar surface area (TPSA) is 26.0 Å². The van der Waals surface area contributed by atoms with Gasteiger partial charge in [0.25, 0.3) is 0 Å². The van der Waals surface area contributed by atoms with Gasteiger partial charge in [0, 0.05) is 16.8 Å². The standard InChI is InChI=1S/C36H27N/c37-36-29(27-16-5-2-6-17-27)24-13-25-35(36)34-23-12-11-22-33(34)32-21-10-9-20-31(32)30-19-8-7-18-28(30)26-14-3-1-4-15-26/h1-25H,37H2. The van der Waals surface area contributed by atoms with Crippen LogP contribution in [0.15, 0.2) is 152 Å². The first kappa shape index (κ1) is 22.6. The van der Waals surface area contributed by atoms with Gasteiger partial charge in [-0.25, -0.2) is 0 Å². The van der Waals surface area contributed by atoms with E-state index in [9.17, 15) is 0 Å². The molecule has 0 aliphatic rings. The van der Waals surface area contributed by atoms with Gasteiger partial charge in [0.15, 0.2) is 0 Å². The van der Waals surface area contributed by atoms with Crippen molar-refractivity contribution in [3.05, 3.63) is 152 Å². The van der Waals surface area contributed by atoms with E-state index >= 15 is 0 Å². The van der Waals surface area contributed by atoms with Crippen LogP contribution in [0, 0.1) is 0 Å². The first-order valence-corrected chi connectivity index (χ1v) is 12.6. The Morgan fingerprint density at radius 3 is 1.03 bits per heavy atom. The van der Waals surface area contributed by atoms with Crippen molar-refractivity contribution in [2.24, 2.45) is 0 Å². The molecule has 0 saturated heterocycles. The molecule has 6 rings (SSSR count). The zero-order valence-corrected chi connectivity index (χ0v) is 20.5. The van der Waals surface area contributed by atoms with E-state index < -0.39 is 0 Å². The third-order valence-electron chi connectivity index (χ3n) is 6.93. The number of rotatable bonds is 5. The van der Waals surface area contributed by atoms with Gasteiger partial charge < -0.3 is 5.73 Å². The second-order valence-corrected chi connectivity index (χ2v) is 9.14. The average Bonchev–Trinajstić information content (AvgIpc) is 2.98. The molecule has 0 unspecified atom stereocenters. The first-order valence-electron chi connectivity index (χ1n) is 12.6. The van der Waals surface area contributed by atoms with Gasteiger partial charge in [-0.1, -0.05) is 152 Å². The van der Waals surface area contributed by atoms with Gasteiger partial charge in [0.1, 0.15) is 0 Å². The number of para-hydroxylation sites is 1. The summed E-state index contributed by atoms with van der Waals surface area (Å²) in [7, 11) is 0. The molecule has 1 heteroatoms.